The Morgan fingerprint density at radius 3 is 2.75 bits per heavy atom. The molecule has 0 fully saturated rings. The highest BCUT2D eigenvalue weighted by Gasteiger charge is 2.17. The van der Waals surface area contributed by atoms with E-state index in [0.29, 0.717) is 12.0 Å². The Balaban J connectivity index is 2.24. The van der Waals surface area contributed by atoms with Crippen molar-refractivity contribution in [3.63, 3.8) is 0 Å². The van der Waals surface area contributed by atoms with Crippen molar-refractivity contribution in [1.29, 1.82) is 0 Å². The third kappa shape index (κ3) is 3.63. The number of nitrogens with zero attached hydrogens (tertiary/aromatic N) is 2. The van der Waals surface area contributed by atoms with Crippen LogP contribution in [-0.4, -0.2) is 16.3 Å². The van der Waals surface area contributed by atoms with Crippen LogP contribution in [0, 0.1) is 11.6 Å². The molecule has 3 nitrogen and oxygen atoms in total. The molecule has 0 aliphatic rings. The molecular weight excluding hydrogens is 260 g/mol. The fourth-order valence-electron chi connectivity index (χ4n) is 2.17. The molecule has 1 atom stereocenters. The van der Waals surface area contributed by atoms with Crippen LogP contribution in [0.15, 0.2) is 30.5 Å². The quantitative estimate of drug-likeness (QED) is 0.881. The second-order valence-corrected chi connectivity index (χ2v) is 4.86. The average Bonchev–Trinajstić information content (AvgIpc) is 2.83. The molecule has 1 unspecified atom stereocenters. The number of hydrogen-bond donors (Lipinski definition) is 1. The molecule has 0 amide bonds. The minimum atomic E-state index is -0.425. The largest absolute Gasteiger partial charge is 0.310 e. The van der Waals surface area contributed by atoms with E-state index in [2.05, 4.69) is 10.4 Å². The van der Waals surface area contributed by atoms with Crippen molar-refractivity contribution in [2.75, 3.05) is 6.54 Å². The Hall–Kier alpha value is -1.75. The average molecular weight is 279 g/mol. The molecule has 1 N–H and O–H groups in total. The molecule has 0 spiro atoms. The van der Waals surface area contributed by atoms with Crippen LogP contribution >= 0.6 is 0 Å². The van der Waals surface area contributed by atoms with Crippen molar-refractivity contribution in [3.05, 3.63) is 53.4 Å². The van der Waals surface area contributed by atoms with Gasteiger partial charge in [0.25, 0.3) is 0 Å². The number of halogens is 2. The van der Waals surface area contributed by atoms with Gasteiger partial charge in [-0.15, -0.1) is 0 Å². The van der Waals surface area contributed by atoms with Crippen LogP contribution in [0.25, 0.3) is 0 Å². The highest BCUT2D eigenvalue weighted by molar-refractivity contribution is 5.24. The van der Waals surface area contributed by atoms with E-state index >= 15 is 0 Å². The van der Waals surface area contributed by atoms with Crippen LogP contribution in [0.1, 0.15) is 30.6 Å². The summed E-state index contributed by atoms with van der Waals surface area (Å²) in [5, 5.41) is 7.55. The predicted molar refractivity (Wildman–Crippen MR) is 74.3 cm³/mol. The summed E-state index contributed by atoms with van der Waals surface area (Å²) in [6.45, 7) is 2.78. The second-order valence-electron chi connectivity index (χ2n) is 4.86. The van der Waals surface area contributed by atoms with Gasteiger partial charge in [-0.25, -0.2) is 8.78 Å². The van der Waals surface area contributed by atoms with Crippen LogP contribution < -0.4 is 5.32 Å². The lowest BCUT2D eigenvalue weighted by Gasteiger charge is -2.18. The van der Waals surface area contributed by atoms with E-state index in [4.69, 9.17) is 0 Å². The third-order valence-electron chi connectivity index (χ3n) is 3.16. The maximum absolute atomic E-state index is 13.9. The van der Waals surface area contributed by atoms with Crippen molar-refractivity contribution < 1.29 is 8.78 Å². The summed E-state index contributed by atoms with van der Waals surface area (Å²) in [4.78, 5) is 0. The van der Waals surface area contributed by atoms with Crippen molar-refractivity contribution in [2.45, 2.75) is 25.8 Å². The van der Waals surface area contributed by atoms with Gasteiger partial charge in [0, 0.05) is 31.3 Å². The van der Waals surface area contributed by atoms with Crippen LogP contribution in [0.3, 0.4) is 0 Å². The summed E-state index contributed by atoms with van der Waals surface area (Å²) >= 11 is 0. The van der Waals surface area contributed by atoms with E-state index in [9.17, 15) is 8.78 Å². The zero-order valence-corrected chi connectivity index (χ0v) is 11.7. The molecule has 0 radical (unpaired) electrons. The molecule has 108 valence electrons. The Labute approximate surface area is 117 Å². The van der Waals surface area contributed by atoms with Crippen molar-refractivity contribution in [1.82, 2.24) is 15.1 Å². The Kier molecular flexibility index (Phi) is 4.84. The molecule has 20 heavy (non-hydrogen) atoms. The number of nitrogens with one attached hydrogen (secondary N) is 1. The molecule has 1 aromatic carbocycles. The summed E-state index contributed by atoms with van der Waals surface area (Å²) in [7, 11) is 1.83. The SMILES string of the molecule is CCCNC(Cc1ccn(C)n1)c1cc(F)ccc1F. The van der Waals surface area contributed by atoms with Gasteiger partial charge in [-0.3, -0.25) is 4.68 Å². The van der Waals surface area contributed by atoms with E-state index in [1.54, 1.807) is 4.68 Å². The summed E-state index contributed by atoms with van der Waals surface area (Å²) in [5.74, 6) is -0.818. The molecule has 2 aromatic rings. The molecule has 0 aliphatic heterocycles. The van der Waals surface area contributed by atoms with Crippen molar-refractivity contribution in [3.8, 4) is 0 Å². The molecule has 5 heteroatoms. The molecule has 0 saturated carbocycles. The van der Waals surface area contributed by atoms with Crippen LogP contribution in [0.2, 0.25) is 0 Å². The van der Waals surface area contributed by atoms with Gasteiger partial charge >= 0.3 is 0 Å². The highest BCUT2D eigenvalue weighted by Crippen LogP contribution is 2.22. The molecule has 0 saturated heterocycles. The van der Waals surface area contributed by atoms with E-state index in [1.807, 2.05) is 26.2 Å². The van der Waals surface area contributed by atoms with Gasteiger partial charge in [0.15, 0.2) is 0 Å². The Bertz CT molecular complexity index is 566. The van der Waals surface area contributed by atoms with Crippen LogP contribution in [0.5, 0.6) is 0 Å². The Morgan fingerprint density at radius 1 is 1.30 bits per heavy atom. The van der Waals surface area contributed by atoms with E-state index in [1.165, 1.54) is 12.1 Å². The maximum Gasteiger partial charge on any atom is 0.128 e. The van der Waals surface area contributed by atoms with Gasteiger partial charge < -0.3 is 5.32 Å². The lowest BCUT2D eigenvalue weighted by Crippen LogP contribution is -2.25. The minimum Gasteiger partial charge on any atom is -0.310 e. The van der Waals surface area contributed by atoms with E-state index < -0.39 is 11.6 Å². The normalized spacial score (nSPS) is 12.6. The first-order chi connectivity index (χ1) is 9.60. The van der Waals surface area contributed by atoms with Crippen LogP contribution in [-0.2, 0) is 13.5 Å². The number of aromatic nitrogens is 2. The number of aryl methyl sites for hydroxylation is 1. The number of rotatable bonds is 6. The van der Waals surface area contributed by atoms with E-state index in [0.717, 1.165) is 24.7 Å². The first-order valence-electron chi connectivity index (χ1n) is 6.77. The summed E-state index contributed by atoms with van der Waals surface area (Å²) in [5.41, 5.74) is 1.20. The second kappa shape index (κ2) is 6.61. The van der Waals surface area contributed by atoms with Gasteiger partial charge in [-0.2, -0.15) is 5.10 Å². The Morgan fingerprint density at radius 2 is 2.10 bits per heavy atom. The van der Waals surface area contributed by atoms with Crippen molar-refractivity contribution in [2.24, 2.45) is 7.05 Å². The highest BCUT2D eigenvalue weighted by atomic mass is 19.1. The molecular formula is C15H19F2N3. The lowest BCUT2D eigenvalue weighted by atomic mass is 10.0. The standard InChI is InChI=1S/C15H19F2N3/c1-3-7-18-15(10-12-6-8-20(2)19-12)13-9-11(16)4-5-14(13)17/h4-6,8-9,15,18H,3,7,10H2,1-2H3. The van der Waals surface area contributed by atoms with Gasteiger partial charge in [-0.05, 0) is 37.2 Å². The van der Waals surface area contributed by atoms with Gasteiger partial charge in [0.2, 0.25) is 0 Å². The van der Waals surface area contributed by atoms with E-state index in [-0.39, 0.29) is 6.04 Å². The summed E-state index contributed by atoms with van der Waals surface area (Å²) < 4.78 is 29.0. The number of hydrogen-bond acceptors (Lipinski definition) is 2. The smallest absolute Gasteiger partial charge is 0.128 e. The first kappa shape index (κ1) is 14.7. The zero-order valence-electron chi connectivity index (χ0n) is 11.7. The molecule has 0 aliphatic carbocycles. The zero-order chi connectivity index (χ0) is 14.5. The molecule has 1 heterocycles. The van der Waals surface area contributed by atoms with Gasteiger partial charge in [-0.1, -0.05) is 6.92 Å². The summed E-state index contributed by atoms with van der Waals surface area (Å²) in [6.07, 6.45) is 3.30. The van der Waals surface area contributed by atoms with Crippen molar-refractivity contribution >= 4 is 0 Å². The number of benzene rings is 1. The maximum atomic E-state index is 13.9. The molecule has 2 rings (SSSR count). The molecule has 0 bridgehead atoms. The topological polar surface area (TPSA) is 29.9 Å². The predicted octanol–water partition coefficient (Wildman–Crippen LogP) is 2.98. The lowest BCUT2D eigenvalue weighted by molar-refractivity contribution is 0.485. The fraction of sp³-hybridized carbons (Fsp3) is 0.400. The van der Waals surface area contributed by atoms with Gasteiger partial charge in [0.1, 0.15) is 11.6 Å². The molecule has 1 aromatic heterocycles. The van der Waals surface area contributed by atoms with Crippen LogP contribution in [0.4, 0.5) is 8.78 Å². The third-order valence-corrected chi connectivity index (χ3v) is 3.16. The summed E-state index contributed by atoms with van der Waals surface area (Å²) in [6, 6.07) is 5.17. The minimum absolute atomic E-state index is 0.277. The fourth-order valence-corrected chi connectivity index (χ4v) is 2.17. The first-order valence-corrected chi connectivity index (χ1v) is 6.77. The van der Waals surface area contributed by atoms with Gasteiger partial charge in [0.05, 0.1) is 5.69 Å². The monoisotopic (exact) mass is 279 g/mol.